The normalized spacial score (nSPS) is 13.5. The van der Waals surface area contributed by atoms with Gasteiger partial charge in [0.15, 0.2) is 0 Å². The van der Waals surface area contributed by atoms with Crippen LogP contribution in [0.3, 0.4) is 0 Å². The third-order valence-electron chi connectivity index (χ3n) is 2.59. The zero-order valence-corrected chi connectivity index (χ0v) is 13.9. The predicted octanol–water partition coefficient (Wildman–Crippen LogP) is 2.91. The number of ether oxygens (including phenoxy) is 1. The van der Waals surface area contributed by atoms with Crippen LogP contribution in [0.1, 0.15) is 54.9 Å². The molecule has 1 unspecified atom stereocenters. The molecule has 116 valence electrons. The Morgan fingerprint density at radius 3 is 2.20 bits per heavy atom. The second kappa shape index (κ2) is 7.49. The summed E-state index contributed by atoms with van der Waals surface area (Å²) in [6.45, 7) is 14.4. The van der Waals surface area contributed by atoms with Crippen LogP contribution in [0.4, 0.5) is 4.79 Å². The first-order valence-corrected chi connectivity index (χ1v) is 7.15. The molecule has 0 saturated heterocycles. The Bertz CT molecular complexity index is 348. The molecule has 0 spiro atoms. The lowest BCUT2D eigenvalue weighted by atomic mass is 10.1. The number of carbonyl (C=O) groups excluding carboxylic acids is 1. The molecule has 0 rings (SSSR count). The van der Waals surface area contributed by atoms with Gasteiger partial charge >= 0.3 is 6.09 Å². The topological polar surface area (TPSA) is 65.4 Å². The van der Waals surface area contributed by atoms with Crippen LogP contribution in [0.15, 0.2) is 0 Å². The summed E-state index contributed by atoms with van der Waals surface area (Å²) >= 11 is 0. The van der Waals surface area contributed by atoms with Crippen LogP contribution in [-0.2, 0) is 4.74 Å². The first-order valence-electron chi connectivity index (χ1n) is 7.15. The highest BCUT2D eigenvalue weighted by Gasteiger charge is 2.32. The van der Waals surface area contributed by atoms with Gasteiger partial charge in [-0.25, -0.2) is 4.79 Å². The van der Waals surface area contributed by atoms with Crippen molar-refractivity contribution in [2.75, 3.05) is 13.1 Å². The molecule has 5 nitrogen and oxygen atoms in total. The Morgan fingerprint density at radius 1 is 1.30 bits per heavy atom. The molecular weight excluding hydrogens is 254 g/mol. The molecule has 0 aliphatic carbocycles. The van der Waals surface area contributed by atoms with Gasteiger partial charge in [0.1, 0.15) is 11.6 Å². The van der Waals surface area contributed by atoms with Gasteiger partial charge in [-0.3, -0.25) is 0 Å². The quantitative estimate of drug-likeness (QED) is 0.842. The standard InChI is InChI=1S/C15H29N3O2/c1-8-9-17-12(10-16)11-18(14(2,3)4)13(19)20-15(5,6)7/h12,17H,8-9,11H2,1-7H3. The summed E-state index contributed by atoms with van der Waals surface area (Å²) < 4.78 is 5.43. The van der Waals surface area contributed by atoms with Crippen LogP contribution in [0.5, 0.6) is 0 Å². The molecule has 0 aliphatic heterocycles. The minimum absolute atomic E-state index is 0.314. The minimum Gasteiger partial charge on any atom is -0.444 e. The third kappa shape index (κ3) is 7.34. The van der Waals surface area contributed by atoms with Gasteiger partial charge in [-0.2, -0.15) is 5.26 Å². The average Bonchev–Trinajstić information content (AvgIpc) is 2.25. The summed E-state index contributed by atoms with van der Waals surface area (Å²) in [4.78, 5) is 13.9. The van der Waals surface area contributed by atoms with Gasteiger partial charge in [0.25, 0.3) is 0 Å². The summed E-state index contributed by atoms with van der Waals surface area (Å²) in [5.74, 6) is 0. The van der Waals surface area contributed by atoms with E-state index >= 15 is 0 Å². The molecule has 0 heterocycles. The van der Waals surface area contributed by atoms with Gasteiger partial charge < -0.3 is 15.0 Å². The summed E-state index contributed by atoms with van der Waals surface area (Å²) in [6.07, 6.45) is 0.559. The fraction of sp³-hybridized carbons (Fsp3) is 0.867. The lowest BCUT2D eigenvalue weighted by Gasteiger charge is -2.37. The van der Waals surface area contributed by atoms with Crippen LogP contribution >= 0.6 is 0 Å². The molecule has 1 N–H and O–H groups in total. The van der Waals surface area contributed by atoms with E-state index in [0.717, 1.165) is 13.0 Å². The number of rotatable bonds is 5. The van der Waals surface area contributed by atoms with Crippen LogP contribution in [0, 0.1) is 11.3 Å². The molecule has 5 heteroatoms. The zero-order valence-electron chi connectivity index (χ0n) is 13.9. The van der Waals surface area contributed by atoms with Crippen molar-refractivity contribution >= 4 is 6.09 Å². The monoisotopic (exact) mass is 283 g/mol. The first kappa shape index (κ1) is 18.7. The van der Waals surface area contributed by atoms with Gasteiger partial charge in [0.05, 0.1) is 12.6 Å². The van der Waals surface area contributed by atoms with Gasteiger partial charge in [-0.05, 0) is 54.5 Å². The number of nitrogens with one attached hydrogen (secondary N) is 1. The van der Waals surface area contributed by atoms with Crippen molar-refractivity contribution in [3.63, 3.8) is 0 Å². The fourth-order valence-corrected chi connectivity index (χ4v) is 1.59. The molecule has 1 atom stereocenters. The van der Waals surface area contributed by atoms with E-state index in [4.69, 9.17) is 4.74 Å². The van der Waals surface area contributed by atoms with Gasteiger partial charge in [0, 0.05) is 5.54 Å². The van der Waals surface area contributed by atoms with Crippen LogP contribution in [0.2, 0.25) is 0 Å². The molecule has 0 bridgehead atoms. The van der Waals surface area contributed by atoms with E-state index in [-0.39, 0.29) is 12.1 Å². The maximum atomic E-state index is 12.3. The number of carbonyl (C=O) groups is 1. The van der Waals surface area contributed by atoms with Crippen LogP contribution in [0.25, 0.3) is 0 Å². The van der Waals surface area contributed by atoms with Crippen molar-refractivity contribution in [1.29, 1.82) is 5.26 Å². The Kier molecular flexibility index (Phi) is 7.01. The molecule has 1 amide bonds. The Hall–Kier alpha value is -1.28. The van der Waals surface area contributed by atoms with E-state index in [9.17, 15) is 10.1 Å². The highest BCUT2D eigenvalue weighted by Crippen LogP contribution is 2.18. The van der Waals surface area contributed by atoms with Crippen LogP contribution in [-0.4, -0.2) is 41.3 Å². The van der Waals surface area contributed by atoms with Gasteiger partial charge in [-0.1, -0.05) is 6.92 Å². The second-order valence-corrected chi connectivity index (χ2v) is 6.90. The second-order valence-electron chi connectivity index (χ2n) is 6.90. The van der Waals surface area contributed by atoms with E-state index in [1.165, 1.54) is 0 Å². The number of nitrogens with zero attached hydrogens (tertiary/aromatic N) is 2. The molecule has 0 aromatic heterocycles. The van der Waals surface area contributed by atoms with E-state index < -0.39 is 11.1 Å². The van der Waals surface area contributed by atoms with Crippen LogP contribution < -0.4 is 5.32 Å². The number of nitriles is 1. The third-order valence-corrected chi connectivity index (χ3v) is 2.59. The van der Waals surface area contributed by atoms with Gasteiger partial charge in [0.2, 0.25) is 0 Å². The molecule has 0 aromatic rings. The van der Waals surface area contributed by atoms with Crippen molar-refractivity contribution in [2.45, 2.75) is 72.1 Å². The van der Waals surface area contributed by atoms with Gasteiger partial charge in [-0.15, -0.1) is 0 Å². The summed E-state index contributed by atoms with van der Waals surface area (Å²) in [7, 11) is 0. The SMILES string of the molecule is CCCNC(C#N)CN(C(=O)OC(C)(C)C)C(C)(C)C. The predicted molar refractivity (Wildman–Crippen MR) is 80.4 cm³/mol. The fourth-order valence-electron chi connectivity index (χ4n) is 1.59. The Labute approximate surface area is 123 Å². The van der Waals surface area contributed by atoms with Crippen molar-refractivity contribution < 1.29 is 9.53 Å². The molecule has 0 saturated carbocycles. The highest BCUT2D eigenvalue weighted by atomic mass is 16.6. The van der Waals surface area contributed by atoms with E-state index in [0.29, 0.717) is 6.54 Å². The van der Waals surface area contributed by atoms with Crippen molar-refractivity contribution in [1.82, 2.24) is 10.2 Å². The summed E-state index contributed by atoms with van der Waals surface area (Å²) in [5.41, 5.74) is -0.940. The Balaban J connectivity index is 4.91. The summed E-state index contributed by atoms with van der Waals surface area (Å²) in [5, 5.41) is 12.3. The molecular formula is C15H29N3O2. The lowest BCUT2D eigenvalue weighted by Crippen LogP contribution is -2.53. The number of hydrogen-bond acceptors (Lipinski definition) is 4. The molecule has 0 aromatic carbocycles. The maximum absolute atomic E-state index is 12.3. The average molecular weight is 283 g/mol. The van der Waals surface area contributed by atoms with E-state index in [1.54, 1.807) is 4.90 Å². The molecule has 0 fully saturated rings. The van der Waals surface area contributed by atoms with Crippen molar-refractivity contribution in [3.8, 4) is 6.07 Å². The Morgan fingerprint density at radius 2 is 1.85 bits per heavy atom. The number of hydrogen-bond donors (Lipinski definition) is 1. The molecule has 0 radical (unpaired) electrons. The van der Waals surface area contributed by atoms with Crippen molar-refractivity contribution in [2.24, 2.45) is 0 Å². The van der Waals surface area contributed by atoms with E-state index in [2.05, 4.69) is 11.4 Å². The maximum Gasteiger partial charge on any atom is 0.410 e. The minimum atomic E-state index is -0.542. The van der Waals surface area contributed by atoms with E-state index in [1.807, 2.05) is 48.5 Å². The smallest absolute Gasteiger partial charge is 0.410 e. The summed E-state index contributed by atoms with van der Waals surface area (Å²) in [6, 6.07) is 1.81. The molecule has 0 aliphatic rings. The first-order chi connectivity index (χ1) is 9.01. The van der Waals surface area contributed by atoms with Crippen molar-refractivity contribution in [3.05, 3.63) is 0 Å². The molecule has 20 heavy (non-hydrogen) atoms. The lowest BCUT2D eigenvalue weighted by molar-refractivity contribution is 0.00509. The highest BCUT2D eigenvalue weighted by molar-refractivity contribution is 5.69. The largest absolute Gasteiger partial charge is 0.444 e. The zero-order chi connectivity index (χ0) is 16.0. The number of amides is 1.